The molecule has 1 fully saturated rings. The molecule has 0 spiro atoms. The highest BCUT2D eigenvalue weighted by molar-refractivity contribution is 5.09. The van der Waals surface area contributed by atoms with Crippen LogP contribution in [0.1, 0.15) is 38.2 Å². The lowest BCUT2D eigenvalue weighted by atomic mass is 10.3. The normalized spacial score (nSPS) is 15.8. The molecule has 1 aliphatic rings. The summed E-state index contributed by atoms with van der Waals surface area (Å²) in [4.78, 5) is 0. The number of hydrogen-bond donors (Lipinski definition) is 1. The third kappa shape index (κ3) is 3.71. The van der Waals surface area contributed by atoms with Crippen LogP contribution in [-0.2, 0) is 13.1 Å². The molecule has 1 aromatic rings. The molecule has 1 aromatic heterocycles. The van der Waals surface area contributed by atoms with E-state index < -0.39 is 0 Å². The van der Waals surface area contributed by atoms with Crippen LogP contribution in [0.15, 0.2) is 18.5 Å². The Morgan fingerprint density at radius 3 is 3.07 bits per heavy atom. The van der Waals surface area contributed by atoms with E-state index in [2.05, 4.69) is 35.3 Å². The molecule has 1 N–H and O–H groups in total. The van der Waals surface area contributed by atoms with Gasteiger partial charge in [0.2, 0.25) is 0 Å². The van der Waals surface area contributed by atoms with Crippen molar-refractivity contribution in [3.8, 4) is 0 Å². The molecule has 1 aliphatic carbocycles. The molecule has 0 bridgehead atoms. The summed E-state index contributed by atoms with van der Waals surface area (Å²) in [6, 6.07) is 2.22. The number of rotatable bonds is 7. The Bertz CT molecular complexity index is 286. The number of nitrogens with zero attached hydrogens (tertiary/aromatic N) is 1. The zero-order valence-corrected chi connectivity index (χ0v) is 9.71. The quantitative estimate of drug-likeness (QED) is 0.679. The molecule has 0 aromatic carbocycles. The number of aromatic nitrogens is 1. The van der Waals surface area contributed by atoms with Gasteiger partial charge in [0.1, 0.15) is 0 Å². The van der Waals surface area contributed by atoms with Crippen LogP contribution in [0, 0.1) is 5.92 Å². The van der Waals surface area contributed by atoms with Crippen molar-refractivity contribution in [1.82, 2.24) is 9.88 Å². The van der Waals surface area contributed by atoms with E-state index in [4.69, 9.17) is 0 Å². The van der Waals surface area contributed by atoms with Gasteiger partial charge in [0.25, 0.3) is 0 Å². The van der Waals surface area contributed by atoms with Crippen molar-refractivity contribution in [3.05, 3.63) is 24.0 Å². The third-order valence-electron chi connectivity index (χ3n) is 3.05. The molecule has 2 rings (SSSR count). The van der Waals surface area contributed by atoms with E-state index in [0.717, 1.165) is 19.0 Å². The van der Waals surface area contributed by atoms with Crippen LogP contribution in [0.2, 0.25) is 0 Å². The molecule has 0 saturated heterocycles. The molecule has 2 heteroatoms. The SMILES string of the molecule is CCCn1ccc(CNCCC2CC2)c1. The molecule has 1 saturated carbocycles. The van der Waals surface area contributed by atoms with Crippen LogP contribution in [0.25, 0.3) is 0 Å². The Hall–Kier alpha value is -0.760. The van der Waals surface area contributed by atoms with Crippen LogP contribution in [-0.4, -0.2) is 11.1 Å². The molecule has 1 heterocycles. The fourth-order valence-electron chi connectivity index (χ4n) is 1.94. The van der Waals surface area contributed by atoms with E-state index in [1.807, 2.05) is 0 Å². The lowest BCUT2D eigenvalue weighted by Crippen LogP contribution is -2.14. The number of hydrogen-bond acceptors (Lipinski definition) is 1. The predicted molar refractivity (Wildman–Crippen MR) is 63.8 cm³/mol. The van der Waals surface area contributed by atoms with Gasteiger partial charge in [-0.1, -0.05) is 19.8 Å². The van der Waals surface area contributed by atoms with Gasteiger partial charge in [-0.05, 0) is 36.9 Å². The maximum atomic E-state index is 3.52. The third-order valence-corrected chi connectivity index (χ3v) is 3.05. The van der Waals surface area contributed by atoms with E-state index in [-0.39, 0.29) is 0 Å². The van der Waals surface area contributed by atoms with Crippen LogP contribution < -0.4 is 5.32 Å². The van der Waals surface area contributed by atoms with E-state index in [1.165, 1.54) is 37.8 Å². The van der Waals surface area contributed by atoms with Gasteiger partial charge in [-0.2, -0.15) is 0 Å². The van der Waals surface area contributed by atoms with Gasteiger partial charge < -0.3 is 9.88 Å². The summed E-state index contributed by atoms with van der Waals surface area (Å²) >= 11 is 0. The highest BCUT2D eigenvalue weighted by atomic mass is 14.9. The minimum atomic E-state index is 1.03. The van der Waals surface area contributed by atoms with Crippen molar-refractivity contribution < 1.29 is 0 Å². The number of aryl methyl sites for hydroxylation is 1. The van der Waals surface area contributed by atoms with Gasteiger partial charge in [0, 0.05) is 25.5 Å². The standard InChI is InChI=1S/C13H22N2/c1-2-8-15-9-6-13(11-15)10-14-7-5-12-3-4-12/h6,9,11-12,14H,2-5,7-8,10H2,1H3. The van der Waals surface area contributed by atoms with Crippen LogP contribution in [0.4, 0.5) is 0 Å². The second-order valence-electron chi connectivity index (χ2n) is 4.67. The Morgan fingerprint density at radius 1 is 1.47 bits per heavy atom. The van der Waals surface area contributed by atoms with Gasteiger partial charge in [0.15, 0.2) is 0 Å². The van der Waals surface area contributed by atoms with E-state index in [1.54, 1.807) is 0 Å². The maximum absolute atomic E-state index is 3.52. The van der Waals surface area contributed by atoms with Gasteiger partial charge in [-0.3, -0.25) is 0 Å². The summed E-state index contributed by atoms with van der Waals surface area (Å²) < 4.78 is 2.28. The maximum Gasteiger partial charge on any atom is 0.0220 e. The van der Waals surface area contributed by atoms with Gasteiger partial charge in [-0.25, -0.2) is 0 Å². The van der Waals surface area contributed by atoms with Crippen molar-refractivity contribution in [3.63, 3.8) is 0 Å². The van der Waals surface area contributed by atoms with E-state index in [9.17, 15) is 0 Å². The molecular formula is C13H22N2. The summed E-state index contributed by atoms with van der Waals surface area (Å²) in [6.45, 7) is 5.57. The fourth-order valence-corrected chi connectivity index (χ4v) is 1.94. The van der Waals surface area contributed by atoms with Crippen molar-refractivity contribution in [2.45, 2.75) is 45.7 Å². The molecule has 0 radical (unpaired) electrons. The minimum absolute atomic E-state index is 1.03. The number of nitrogens with one attached hydrogen (secondary N) is 1. The van der Waals surface area contributed by atoms with E-state index in [0.29, 0.717) is 0 Å². The Labute approximate surface area is 92.7 Å². The zero-order valence-electron chi connectivity index (χ0n) is 9.71. The first-order valence-corrected chi connectivity index (χ1v) is 6.24. The Morgan fingerprint density at radius 2 is 2.33 bits per heavy atom. The second kappa shape index (κ2) is 5.36. The fraction of sp³-hybridized carbons (Fsp3) is 0.692. The summed E-state index contributed by atoms with van der Waals surface area (Å²) in [5.41, 5.74) is 1.42. The first-order valence-electron chi connectivity index (χ1n) is 6.24. The first-order chi connectivity index (χ1) is 7.38. The van der Waals surface area contributed by atoms with Crippen molar-refractivity contribution in [2.75, 3.05) is 6.54 Å². The largest absolute Gasteiger partial charge is 0.354 e. The average Bonchev–Trinajstić information content (AvgIpc) is 2.95. The lowest BCUT2D eigenvalue weighted by Gasteiger charge is -2.02. The average molecular weight is 206 g/mol. The van der Waals surface area contributed by atoms with Crippen LogP contribution in [0.5, 0.6) is 0 Å². The molecule has 0 atom stereocenters. The van der Waals surface area contributed by atoms with Gasteiger partial charge in [-0.15, -0.1) is 0 Å². The molecule has 0 amide bonds. The summed E-state index contributed by atoms with van der Waals surface area (Å²) in [7, 11) is 0. The monoisotopic (exact) mass is 206 g/mol. The van der Waals surface area contributed by atoms with Crippen LogP contribution >= 0.6 is 0 Å². The van der Waals surface area contributed by atoms with Crippen molar-refractivity contribution in [1.29, 1.82) is 0 Å². The topological polar surface area (TPSA) is 17.0 Å². The summed E-state index contributed by atoms with van der Waals surface area (Å²) in [6.07, 6.45) is 9.96. The zero-order chi connectivity index (χ0) is 10.5. The molecule has 84 valence electrons. The predicted octanol–water partition coefficient (Wildman–Crippen LogP) is 2.79. The van der Waals surface area contributed by atoms with Crippen molar-refractivity contribution in [2.24, 2.45) is 5.92 Å². The molecule has 0 aliphatic heterocycles. The van der Waals surface area contributed by atoms with Crippen molar-refractivity contribution >= 4 is 0 Å². The summed E-state index contributed by atoms with van der Waals surface area (Å²) in [5.74, 6) is 1.04. The first kappa shape index (κ1) is 10.7. The van der Waals surface area contributed by atoms with Gasteiger partial charge >= 0.3 is 0 Å². The molecular weight excluding hydrogens is 184 g/mol. The highest BCUT2D eigenvalue weighted by Crippen LogP contribution is 2.31. The summed E-state index contributed by atoms with van der Waals surface area (Å²) in [5, 5.41) is 3.52. The minimum Gasteiger partial charge on any atom is -0.354 e. The smallest absolute Gasteiger partial charge is 0.0220 e. The molecule has 0 unspecified atom stereocenters. The highest BCUT2D eigenvalue weighted by Gasteiger charge is 2.19. The Kier molecular flexibility index (Phi) is 3.84. The van der Waals surface area contributed by atoms with Crippen LogP contribution in [0.3, 0.4) is 0 Å². The lowest BCUT2D eigenvalue weighted by molar-refractivity contribution is 0.611. The van der Waals surface area contributed by atoms with E-state index >= 15 is 0 Å². The second-order valence-corrected chi connectivity index (χ2v) is 4.67. The van der Waals surface area contributed by atoms with Gasteiger partial charge in [0.05, 0.1) is 0 Å². The molecule has 15 heavy (non-hydrogen) atoms. The molecule has 2 nitrogen and oxygen atoms in total. The Balaban J connectivity index is 1.63.